The van der Waals surface area contributed by atoms with Crippen LogP contribution in [0.4, 0.5) is 13.6 Å². The third kappa shape index (κ3) is 5.21. The molecule has 0 spiro atoms. The Morgan fingerprint density at radius 2 is 2.00 bits per heavy atom. The van der Waals surface area contributed by atoms with E-state index in [0.29, 0.717) is 12.8 Å². The van der Waals surface area contributed by atoms with E-state index in [-0.39, 0.29) is 30.4 Å². The van der Waals surface area contributed by atoms with Crippen molar-refractivity contribution in [2.45, 2.75) is 17.7 Å². The summed E-state index contributed by atoms with van der Waals surface area (Å²) in [5.74, 6) is -1.28. The lowest BCUT2D eigenvalue weighted by Gasteiger charge is -2.35. The minimum absolute atomic E-state index is 0.0510. The maximum Gasteiger partial charge on any atom is 0.363 e. The Morgan fingerprint density at radius 1 is 1.23 bits per heavy atom. The third-order valence-corrected chi connectivity index (χ3v) is 6.04. The number of nitrogens with zero attached hydrogens (tertiary/aromatic N) is 2. The maximum absolute atomic E-state index is 14.5. The molecule has 3 rings (SSSR count). The summed E-state index contributed by atoms with van der Waals surface area (Å²) in [5, 5.41) is 15.1. The van der Waals surface area contributed by atoms with Gasteiger partial charge >= 0.3 is 6.03 Å². The van der Waals surface area contributed by atoms with E-state index in [1.807, 2.05) is 30.3 Å². The first-order valence-corrected chi connectivity index (χ1v) is 10.4. The highest BCUT2D eigenvalue weighted by atomic mass is 32.2. The van der Waals surface area contributed by atoms with Crippen LogP contribution >= 0.6 is 11.8 Å². The monoisotopic (exact) mass is 451 g/mol. The number of halogens is 2. The van der Waals surface area contributed by atoms with Gasteiger partial charge in [0.2, 0.25) is 0 Å². The molecule has 0 saturated carbocycles. The van der Waals surface area contributed by atoms with Crippen molar-refractivity contribution in [1.82, 2.24) is 10.5 Å². The molecule has 1 unspecified atom stereocenters. The number of amides is 2. The Morgan fingerprint density at radius 3 is 2.71 bits per heavy atom. The molecule has 0 saturated heterocycles. The fourth-order valence-corrected chi connectivity index (χ4v) is 4.57. The largest absolute Gasteiger partial charge is 0.396 e. The molecule has 2 aromatic rings. The lowest BCUT2D eigenvalue weighted by atomic mass is 10.0. The Labute approximate surface area is 183 Å². The van der Waals surface area contributed by atoms with E-state index < -0.39 is 22.5 Å². The normalized spacial score (nSPS) is 18.2. The number of aliphatic hydroxyl groups is 1. The van der Waals surface area contributed by atoms with E-state index in [2.05, 4.69) is 10.6 Å². The molecule has 1 heterocycles. The summed E-state index contributed by atoms with van der Waals surface area (Å²) >= 11 is 1.12. The van der Waals surface area contributed by atoms with Gasteiger partial charge in [-0.25, -0.2) is 19.1 Å². The Balaban J connectivity index is 2.02. The number of thioether (sulfide) groups is 1. The lowest BCUT2D eigenvalue weighted by Crippen LogP contribution is -2.46. The molecule has 0 aromatic heterocycles. The zero-order valence-electron chi connectivity index (χ0n) is 16.9. The second-order valence-corrected chi connectivity index (χ2v) is 7.94. The van der Waals surface area contributed by atoms with Gasteiger partial charge in [-0.15, -0.1) is 0 Å². The smallest absolute Gasteiger partial charge is 0.363 e. The van der Waals surface area contributed by atoms with Crippen LogP contribution in [0.1, 0.15) is 24.0 Å². The number of urea groups is 1. The molecule has 0 bridgehead atoms. The number of carbonyl (C=O) groups is 1. The van der Waals surface area contributed by atoms with Crippen LogP contribution in [0, 0.1) is 11.6 Å². The number of ether oxygens (including phenoxy) is 1. The van der Waals surface area contributed by atoms with Crippen LogP contribution in [-0.2, 0) is 14.4 Å². The number of carbonyl (C=O) groups excluding carboxylic acids is 1. The molecular weight excluding hydrogens is 428 g/mol. The molecule has 10 heteroatoms. The van der Waals surface area contributed by atoms with Crippen molar-refractivity contribution in [3.8, 4) is 0 Å². The maximum atomic E-state index is 14.5. The third-order valence-electron chi connectivity index (χ3n) is 4.60. The standard InChI is InChI=1S/C21H23F2N3O4S/c1-29-12-13-30-25-20(28)26-21(10-5-11-27,15-6-3-2-4-7-15)31-19(24-26)17-14-16(22)8-9-18(17)23/h2-4,6-9,14,27H,5,10-13H2,1H3,(H,25,28). The Kier molecular flexibility index (Phi) is 7.97. The molecule has 2 amide bonds. The number of aliphatic hydroxyl groups excluding tert-OH is 1. The molecule has 166 valence electrons. The van der Waals surface area contributed by atoms with E-state index in [9.17, 15) is 18.7 Å². The average molecular weight is 451 g/mol. The number of methoxy groups -OCH3 is 1. The minimum Gasteiger partial charge on any atom is -0.396 e. The van der Waals surface area contributed by atoms with Crippen molar-refractivity contribution in [2.75, 3.05) is 26.9 Å². The molecule has 1 aliphatic rings. The fourth-order valence-electron chi connectivity index (χ4n) is 3.16. The first-order valence-electron chi connectivity index (χ1n) is 9.62. The van der Waals surface area contributed by atoms with Gasteiger partial charge in [0.25, 0.3) is 0 Å². The quantitative estimate of drug-likeness (QED) is 0.450. The second kappa shape index (κ2) is 10.7. The van der Waals surface area contributed by atoms with Crippen LogP contribution in [0.5, 0.6) is 0 Å². The summed E-state index contributed by atoms with van der Waals surface area (Å²) in [6.45, 7) is 0.276. The molecule has 2 aromatic carbocycles. The van der Waals surface area contributed by atoms with Crippen molar-refractivity contribution >= 4 is 22.8 Å². The summed E-state index contributed by atoms with van der Waals surface area (Å²) in [6.07, 6.45) is 0.665. The SMILES string of the molecule is COCCONC(=O)N1N=C(c2cc(F)ccc2F)SC1(CCCO)c1ccccc1. The van der Waals surface area contributed by atoms with Gasteiger partial charge in [-0.3, -0.25) is 4.84 Å². The number of hydrogen-bond acceptors (Lipinski definition) is 6. The van der Waals surface area contributed by atoms with Crippen LogP contribution in [0.15, 0.2) is 53.6 Å². The summed E-state index contributed by atoms with van der Waals surface area (Å²) in [5.41, 5.74) is 2.98. The summed E-state index contributed by atoms with van der Waals surface area (Å²) in [7, 11) is 1.50. The highest BCUT2D eigenvalue weighted by Gasteiger charge is 2.49. The molecule has 1 aliphatic heterocycles. The molecular formula is C21H23F2N3O4S. The first kappa shape index (κ1) is 23.1. The lowest BCUT2D eigenvalue weighted by molar-refractivity contribution is 0.0109. The van der Waals surface area contributed by atoms with Crippen molar-refractivity contribution in [3.63, 3.8) is 0 Å². The van der Waals surface area contributed by atoms with Crippen LogP contribution in [0.2, 0.25) is 0 Å². The fraction of sp³-hybridized carbons (Fsp3) is 0.333. The van der Waals surface area contributed by atoms with Gasteiger partial charge in [0, 0.05) is 19.3 Å². The van der Waals surface area contributed by atoms with E-state index in [0.717, 1.165) is 40.5 Å². The Hall–Kier alpha value is -2.53. The summed E-state index contributed by atoms with van der Waals surface area (Å²) < 4.78 is 33.2. The van der Waals surface area contributed by atoms with Gasteiger partial charge in [0.1, 0.15) is 21.5 Å². The molecule has 0 radical (unpaired) electrons. The predicted molar refractivity (Wildman–Crippen MR) is 113 cm³/mol. The number of hydrazone groups is 1. The minimum atomic E-state index is -1.09. The first-order chi connectivity index (χ1) is 15.0. The van der Waals surface area contributed by atoms with Crippen LogP contribution in [-0.4, -0.2) is 48.1 Å². The van der Waals surface area contributed by atoms with Gasteiger partial charge in [0.15, 0.2) is 0 Å². The Bertz CT molecular complexity index is 932. The summed E-state index contributed by atoms with van der Waals surface area (Å²) in [4.78, 5) is 17.0. The number of hydrogen-bond donors (Lipinski definition) is 2. The highest BCUT2D eigenvalue weighted by molar-refractivity contribution is 8.15. The number of rotatable bonds is 9. The van der Waals surface area contributed by atoms with E-state index in [1.54, 1.807) is 0 Å². The van der Waals surface area contributed by atoms with Crippen molar-refractivity contribution in [2.24, 2.45) is 5.10 Å². The van der Waals surface area contributed by atoms with Gasteiger partial charge in [-0.1, -0.05) is 42.1 Å². The molecule has 7 nitrogen and oxygen atoms in total. The van der Waals surface area contributed by atoms with E-state index >= 15 is 0 Å². The van der Waals surface area contributed by atoms with Crippen LogP contribution in [0.25, 0.3) is 0 Å². The highest BCUT2D eigenvalue weighted by Crippen LogP contribution is 2.50. The van der Waals surface area contributed by atoms with Gasteiger partial charge in [0.05, 0.1) is 13.2 Å². The topological polar surface area (TPSA) is 83.4 Å². The zero-order valence-corrected chi connectivity index (χ0v) is 17.7. The number of benzene rings is 2. The second-order valence-electron chi connectivity index (χ2n) is 6.67. The summed E-state index contributed by atoms with van der Waals surface area (Å²) in [6, 6.07) is 11.5. The van der Waals surface area contributed by atoms with Crippen LogP contribution < -0.4 is 5.48 Å². The van der Waals surface area contributed by atoms with Crippen molar-refractivity contribution < 1.29 is 28.3 Å². The predicted octanol–water partition coefficient (Wildman–Crippen LogP) is 3.59. The molecule has 0 aliphatic carbocycles. The van der Waals surface area contributed by atoms with Gasteiger partial charge in [-0.2, -0.15) is 10.1 Å². The molecule has 31 heavy (non-hydrogen) atoms. The number of nitrogens with one attached hydrogen (secondary N) is 1. The molecule has 0 fully saturated rings. The van der Waals surface area contributed by atoms with Crippen molar-refractivity contribution in [1.29, 1.82) is 0 Å². The van der Waals surface area contributed by atoms with E-state index in [4.69, 9.17) is 9.57 Å². The average Bonchev–Trinajstić information content (AvgIpc) is 3.18. The molecule has 1 atom stereocenters. The van der Waals surface area contributed by atoms with Crippen molar-refractivity contribution in [3.05, 3.63) is 71.3 Å². The number of hydroxylamine groups is 1. The zero-order chi connectivity index (χ0) is 22.3. The van der Waals surface area contributed by atoms with E-state index in [1.165, 1.54) is 7.11 Å². The van der Waals surface area contributed by atoms with Gasteiger partial charge < -0.3 is 9.84 Å². The molecule has 2 N–H and O–H groups in total. The van der Waals surface area contributed by atoms with Crippen LogP contribution in [0.3, 0.4) is 0 Å². The van der Waals surface area contributed by atoms with Gasteiger partial charge in [-0.05, 0) is 36.6 Å².